The highest BCUT2D eigenvalue weighted by Crippen LogP contribution is 2.30. The Morgan fingerprint density at radius 3 is 2.37 bits per heavy atom. The van der Waals surface area contributed by atoms with Gasteiger partial charge in [-0.3, -0.25) is 14.6 Å². The molecule has 2 aliphatic heterocycles. The lowest BCUT2D eigenvalue weighted by molar-refractivity contribution is -0.137. The van der Waals surface area contributed by atoms with Crippen LogP contribution in [0.4, 0.5) is 4.79 Å². The maximum absolute atomic E-state index is 13.1. The summed E-state index contributed by atoms with van der Waals surface area (Å²) in [5.74, 6) is 1.78. The molecule has 0 radical (unpaired) electrons. The van der Waals surface area contributed by atoms with Gasteiger partial charge in [0.05, 0.1) is 14.2 Å². The number of hydrogen-bond donors (Lipinski definition) is 0. The van der Waals surface area contributed by atoms with Gasteiger partial charge >= 0.3 is 6.03 Å². The highest BCUT2D eigenvalue weighted by atomic mass is 16.5. The van der Waals surface area contributed by atoms with E-state index in [0.29, 0.717) is 30.4 Å². The summed E-state index contributed by atoms with van der Waals surface area (Å²) in [6.07, 6.45) is 4.82. The topological polar surface area (TPSA) is 74.7 Å². The zero-order chi connectivity index (χ0) is 21.8. The number of rotatable bonds is 8. The molecule has 2 unspecified atom stereocenters. The number of aliphatic imine (C=N–C) groups is 1. The van der Waals surface area contributed by atoms with Crippen molar-refractivity contribution in [2.75, 3.05) is 34.4 Å². The number of benzene rings is 1. The van der Waals surface area contributed by atoms with Crippen molar-refractivity contribution < 1.29 is 19.1 Å². The molecule has 0 saturated carbocycles. The van der Waals surface area contributed by atoms with Crippen LogP contribution < -0.4 is 9.47 Å². The predicted octanol–water partition coefficient (Wildman–Crippen LogP) is 2.84. The second-order valence-corrected chi connectivity index (χ2v) is 7.37. The number of amides is 3. The van der Waals surface area contributed by atoms with Crippen LogP contribution in [0.5, 0.6) is 11.5 Å². The molecule has 30 heavy (non-hydrogen) atoms. The first-order chi connectivity index (χ1) is 14.5. The van der Waals surface area contributed by atoms with Crippen LogP contribution in [0.15, 0.2) is 29.3 Å². The zero-order valence-corrected chi connectivity index (χ0v) is 18.3. The number of methoxy groups -OCH3 is 2. The SMILES string of the molecule is CCCN1C(=O)C2C(N=C(C=Cc3ccc(OC)c(OC)c3)N2C)N(CCC)C1=O. The summed E-state index contributed by atoms with van der Waals surface area (Å²) in [6, 6.07) is 4.89. The van der Waals surface area contributed by atoms with Crippen molar-refractivity contribution >= 4 is 23.8 Å². The minimum Gasteiger partial charge on any atom is -0.493 e. The highest BCUT2D eigenvalue weighted by molar-refractivity contribution is 6.07. The number of carbonyl (C=O) groups excluding carboxylic acids is 2. The van der Waals surface area contributed by atoms with E-state index in [1.54, 1.807) is 19.1 Å². The number of ether oxygens (including phenoxy) is 2. The first-order valence-corrected chi connectivity index (χ1v) is 10.3. The molecule has 2 heterocycles. The van der Waals surface area contributed by atoms with Crippen molar-refractivity contribution in [2.45, 2.75) is 38.9 Å². The van der Waals surface area contributed by atoms with Gasteiger partial charge in [-0.05, 0) is 36.6 Å². The van der Waals surface area contributed by atoms with Gasteiger partial charge in [0, 0.05) is 20.1 Å². The lowest BCUT2D eigenvalue weighted by Gasteiger charge is -2.42. The molecular formula is C22H30N4O4. The largest absolute Gasteiger partial charge is 0.493 e. The Balaban J connectivity index is 1.88. The lowest BCUT2D eigenvalue weighted by Crippen LogP contribution is -2.65. The van der Waals surface area contributed by atoms with E-state index in [0.717, 1.165) is 18.4 Å². The van der Waals surface area contributed by atoms with E-state index < -0.39 is 12.2 Å². The third-order valence-electron chi connectivity index (χ3n) is 5.38. The van der Waals surface area contributed by atoms with Gasteiger partial charge in [-0.15, -0.1) is 0 Å². The molecule has 2 aliphatic rings. The minimum absolute atomic E-state index is 0.181. The predicted molar refractivity (Wildman–Crippen MR) is 116 cm³/mol. The van der Waals surface area contributed by atoms with Crippen LogP contribution in [0.25, 0.3) is 6.08 Å². The molecule has 1 aromatic rings. The molecule has 8 heteroatoms. The fraction of sp³-hybridized carbons (Fsp3) is 0.500. The van der Waals surface area contributed by atoms with E-state index in [9.17, 15) is 9.59 Å². The molecule has 1 aromatic carbocycles. The Bertz CT molecular complexity index is 867. The highest BCUT2D eigenvalue weighted by Gasteiger charge is 2.51. The van der Waals surface area contributed by atoms with Crippen LogP contribution in [0, 0.1) is 0 Å². The van der Waals surface area contributed by atoms with E-state index in [1.165, 1.54) is 4.90 Å². The number of nitrogens with zero attached hydrogens (tertiary/aromatic N) is 4. The normalized spacial score (nSPS) is 21.4. The van der Waals surface area contributed by atoms with Crippen LogP contribution in [-0.4, -0.2) is 79.0 Å². The maximum atomic E-state index is 13.1. The summed E-state index contributed by atoms with van der Waals surface area (Å²) in [5.41, 5.74) is 0.916. The lowest BCUT2D eigenvalue weighted by atomic mass is 10.1. The first-order valence-electron chi connectivity index (χ1n) is 10.3. The molecule has 0 N–H and O–H groups in total. The summed E-state index contributed by atoms with van der Waals surface area (Å²) in [6.45, 7) is 4.97. The van der Waals surface area contributed by atoms with Crippen molar-refractivity contribution in [3.05, 3.63) is 29.8 Å². The third kappa shape index (κ3) is 3.86. The van der Waals surface area contributed by atoms with Crippen molar-refractivity contribution in [3.63, 3.8) is 0 Å². The monoisotopic (exact) mass is 414 g/mol. The molecule has 0 spiro atoms. The summed E-state index contributed by atoms with van der Waals surface area (Å²) in [7, 11) is 5.04. The van der Waals surface area contributed by atoms with E-state index in [-0.39, 0.29) is 11.9 Å². The molecule has 162 valence electrons. The Morgan fingerprint density at radius 1 is 1.03 bits per heavy atom. The van der Waals surface area contributed by atoms with Gasteiger partial charge in [0.25, 0.3) is 5.91 Å². The Kier molecular flexibility index (Phi) is 6.64. The zero-order valence-electron chi connectivity index (χ0n) is 18.3. The number of fused-ring (bicyclic) bond motifs is 1. The Hall–Kier alpha value is -3.03. The molecule has 0 aliphatic carbocycles. The second kappa shape index (κ2) is 9.19. The molecule has 2 atom stereocenters. The smallest absolute Gasteiger partial charge is 0.328 e. The van der Waals surface area contributed by atoms with Gasteiger partial charge in [-0.1, -0.05) is 26.0 Å². The number of hydrogen-bond acceptors (Lipinski definition) is 6. The van der Waals surface area contributed by atoms with Gasteiger partial charge in [-0.25, -0.2) is 9.79 Å². The first kappa shape index (κ1) is 21.7. The molecular weight excluding hydrogens is 384 g/mol. The van der Waals surface area contributed by atoms with Crippen LogP contribution in [-0.2, 0) is 4.79 Å². The van der Waals surface area contributed by atoms with Crippen LogP contribution in [0.1, 0.15) is 32.3 Å². The second-order valence-electron chi connectivity index (χ2n) is 7.37. The fourth-order valence-electron chi connectivity index (χ4n) is 3.88. The summed E-state index contributed by atoms with van der Waals surface area (Å²) < 4.78 is 10.6. The van der Waals surface area contributed by atoms with Gasteiger partial charge in [0.15, 0.2) is 23.7 Å². The van der Waals surface area contributed by atoms with Crippen molar-refractivity contribution in [2.24, 2.45) is 4.99 Å². The molecule has 8 nitrogen and oxygen atoms in total. The average Bonchev–Trinajstić information content (AvgIpc) is 3.08. The molecule has 0 aromatic heterocycles. The third-order valence-corrected chi connectivity index (χ3v) is 5.38. The standard InChI is InChI=1S/C22H30N4O4/c1-6-12-25-20-19(21(27)26(13-7-2)22(25)28)24(3)18(23-20)11-9-15-8-10-16(29-4)17(14-15)30-5/h8-11,14,19-20H,6-7,12-13H2,1-5H3. The number of likely N-dealkylation sites (N-methyl/N-ethyl adjacent to an activating group) is 1. The van der Waals surface area contributed by atoms with Crippen LogP contribution in [0.2, 0.25) is 0 Å². The van der Waals surface area contributed by atoms with Gasteiger partial charge < -0.3 is 14.4 Å². The van der Waals surface area contributed by atoms with E-state index in [1.807, 2.05) is 56.1 Å². The number of imide groups is 1. The van der Waals surface area contributed by atoms with Crippen molar-refractivity contribution in [1.82, 2.24) is 14.7 Å². The van der Waals surface area contributed by atoms with Crippen LogP contribution >= 0.6 is 0 Å². The molecule has 1 saturated heterocycles. The molecule has 1 fully saturated rings. The van der Waals surface area contributed by atoms with Crippen molar-refractivity contribution in [3.8, 4) is 11.5 Å². The number of urea groups is 1. The summed E-state index contributed by atoms with van der Waals surface area (Å²) in [4.78, 5) is 35.6. The molecule has 3 rings (SSSR count). The Labute approximate surface area is 177 Å². The number of carbonyl (C=O) groups is 2. The van der Waals surface area contributed by atoms with Gasteiger partial charge in [0.1, 0.15) is 5.84 Å². The van der Waals surface area contributed by atoms with Gasteiger partial charge in [-0.2, -0.15) is 0 Å². The Morgan fingerprint density at radius 2 is 1.73 bits per heavy atom. The molecule has 3 amide bonds. The quantitative estimate of drug-likeness (QED) is 0.654. The summed E-state index contributed by atoms with van der Waals surface area (Å²) >= 11 is 0. The van der Waals surface area contributed by atoms with E-state index in [2.05, 4.69) is 0 Å². The van der Waals surface area contributed by atoms with E-state index in [4.69, 9.17) is 14.5 Å². The summed E-state index contributed by atoms with van der Waals surface area (Å²) in [5, 5.41) is 0. The minimum atomic E-state index is -0.495. The van der Waals surface area contributed by atoms with Gasteiger partial charge in [0.2, 0.25) is 0 Å². The van der Waals surface area contributed by atoms with Crippen LogP contribution in [0.3, 0.4) is 0 Å². The van der Waals surface area contributed by atoms with Crippen molar-refractivity contribution in [1.29, 1.82) is 0 Å². The maximum Gasteiger partial charge on any atom is 0.328 e. The number of amidine groups is 1. The average molecular weight is 415 g/mol. The van der Waals surface area contributed by atoms with E-state index >= 15 is 0 Å². The molecule has 0 bridgehead atoms. The fourth-order valence-corrected chi connectivity index (χ4v) is 3.88.